The highest BCUT2D eigenvalue weighted by atomic mass is 16.4. The second-order valence-electron chi connectivity index (χ2n) is 5.66. The molecule has 3 rings (SSSR count). The number of carboxylic acids is 1. The number of hydrogen-bond donors (Lipinski definition) is 2. The summed E-state index contributed by atoms with van der Waals surface area (Å²) in [6.07, 6.45) is 2.01. The Labute approximate surface area is 128 Å². The number of hydrogen-bond acceptors (Lipinski definition) is 5. The minimum Gasteiger partial charge on any atom is -0.481 e. The number of piperidine rings is 1. The molecule has 1 saturated heterocycles. The van der Waals surface area contributed by atoms with E-state index in [0.29, 0.717) is 25.8 Å². The molecule has 1 aromatic carbocycles. The predicted octanol–water partition coefficient (Wildman–Crippen LogP) is 1.11. The van der Waals surface area contributed by atoms with Crippen molar-refractivity contribution in [3.05, 3.63) is 18.2 Å². The van der Waals surface area contributed by atoms with Crippen LogP contribution in [-0.4, -0.2) is 50.9 Å². The number of fused-ring (bicyclic) bond motifs is 1. The fourth-order valence-electron chi connectivity index (χ4n) is 2.93. The lowest BCUT2D eigenvalue weighted by Crippen LogP contribution is -2.36. The number of aliphatic hydroxyl groups is 1. The number of aromatic nitrogens is 3. The van der Waals surface area contributed by atoms with Crippen LogP contribution in [0.3, 0.4) is 0 Å². The van der Waals surface area contributed by atoms with Crippen molar-refractivity contribution in [1.82, 2.24) is 15.0 Å². The van der Waals surface area contributed by atoms with Gasteiger partial charge in [-0.25, -0.2) is 4.68 Å². The number of aryl methyl sites for hydroxylation is 1. The second-order valence-corrected chi connectivity index (χ2v) is 5.66. The normalized spacial score (nSPS) is 16.3. The Morgan fingerprint density at radius 2 is 2.09 bits per heavy atom. The van der Waals surface area contributed by atoms with Gasteiger partial charge in [-0.05, 0) is 37.5 Å². The molecule has 7 heteroatoms. The number of benzene rings is 1. The van der Waals surface area contributed by atoms with E-state index in [1.165, 1.54) is 0 Å². The molecule has 0 radical (unpaired) electrons. The number of aliphatic carboxylic acids is 1. The third-order valence-corrected chi connectivity index (χ3v) is 4.23. The summed E-state index contributed by atoms with van der Waals surface area (Å²) in [5.41, 5.74) is 2.85. The van der Waals surface area contributed by atoms with Crippen LogP contribution in [0.25, 0.3) is 11.0 Å². The van der Waals surface area contributed by atoms with Crippen LogP contribution in [0.4, 0.5) is 5.69 Å². The molecule has 1 aromatic heterocycles. The minimum absolute atomic E-state index is 0.137. The van der Waals surface area contributed by atoms with Crippen LogP contribution in [-0.2, 0) is 11.3 Å². The van der Waals surface area contributed by atoms with Gasteiger partial charge in [-0.2, -0.15) is 0 Å². The maximum absolute atomic E-state index is 11.0. The highest BCUT2D eigenvalue weighted by molar-refractivity contribution is 5.79. The molecule has 1 aliphatic heterocycles. The number of aliphatic hydroxyl groups excluding tert-OH is 1. The second kappa shape index (κ2) is 6.31. The molecular formula is C15H20N4O3. The lowest BCUT2D eigenvalue weighted by molar-refractivity contribution is -0.142. The zero-order valence-electron chi connectivity index (χ0n) is 12.4. The first-order valence-corrected chi connectivity index (χ1v) is 7.61. The smallest absolute Gasteiger partial charge is 0.306 e. The molecule has 7 nitrogen and oxygen atoms in total. The minimum atomic E-state index is -0.693. The largest absolute Gasteiger partial charge is 0.481 e. The van der Waals surface area contributed by atoms with Gasteiger partial charge in [-0.15, -0.1) is 5.10 Å². The van der Waals surface area contributed by atoms with Crippen LogP contribution in [0.15, 0.2) is 18.2 Å². The number of anilines is 1. The topological polar surface area (TPSA) is 91.5 Å². The van der Waals surface area contributed by atoms with E-state index >= 15 is 0 Å². The first-order chi connectivity index (χ1) is 10.7. The highest BCUT2D eigenvalue weighted by Gasteiger charge is 2.24. The van der Waals surface area contributed by atoms with Gasteiger partial charge >= 0.3 is 5.97 Å². The molecule has 0 atom stereocenters. The van der Waals surface area contributed by atoms with E-state index < -0.39 is 5.97 Å². The van der Waals surface area contributed by atoms with Gasteiger partial charge in [0.15, 0.2) is 0 Å². The van der Waals surface area contributed by atoms with Crippen LogP contribution in [0.2, 0.25) is 0 Å². The number of carbonyl (C=O) groups is 1. The monoisotopic (exact) mass is 304 g/mol. The Morgan fingerprint density at radius 3 is 2.77 bits per heavy atom. The van der Waals surface area contributed by atoms with E-state index in [4.69, 9.17) is 10.2 Å². The summed E-state index contributed by atoms with van der Waals surface area (Å²) in [6.45, 7) is 2.29. The molecule has 0 aliphatic carbocycles. The van der Waals surface area contributed by atoms with Crippen molar-refractivity contribution in [3.8, 4) is 0 Å². The van der Waals surface area contributed by atoms with Crippen LogP contribution >= 0.6 is 0 Å². The van der Waals surface area contributed by atoms with Crippen molar-refractivity contribution >= 4 is 22.7 Å². The Morgan fingerprint density at radius 1 is 1.32 bits per heavy atom. The van der Waals surface area contributed by atoms with Crippen LogP contribution in [0.1, 0.15) is 19.3 Å². The van der Waals surface area contributed by atoms with Gasteiger partial charge in [0.1, 0.15) is 5.52 Å². The van der Waals surface area contributed by atoms with Crippen molar-refractivity contribution in [3.63, 3.8) is 0 Å². The Balaban J connectivity index is 1.74. The summed E-state index contributed by atoms with van der Waals surface area (Å²) in [4.78, 5) is 13.2. The standard InChI is InChI=1S/C15H20N4O3/c20-9-1-6-19-14-3-2-12(10-13(14)16-17-19)18-7-4-11(5-8-18)15(21)22/h2-3,10-11,20H,1,4-9H2,(H,21,22). The Kier molecular flexibility index (Phi) is 4.24. The quantitative estimate of drug-likeness (QED) is 0.860. The summed E-state index contributed by atoms with van der Waals surface area (Å²) in [6, 6.07) is 6.02. The molecule has 22 heavy (non-hydrogen) atoms. The fourth-order valence-corrected chi connectivity index (χ4v) is 2.93. The van der Waals surface area contributed by atoms with Gasteiger partial charge in [0.25, 0.3) is 0 Å². The van der Waals surface area contributed by atoms with Gasteiger partial charge in [-0.1, -0.05) is 5.21 Å². The average Bonchev–Trinajstić information content (AvgIpc) is 2.95. The van der Waals surface area contributed by atoms with Gasteiger partial charge in [0.05, 0.1) is 11.4 Å². The third-order valence-electron chi connectivity index (χ3n) is 4.23. The van der Waals surface area contributed by atoms with E-state index in [2.05, 4.69) is 15.2 Å². The summed E-state index contributed by atoms with van der Waals surface area (Å²) in [5, 5.41) is 26.2. The first kappa shape index (κ1) is 14.8. The average molecular weight is 304 g/mol. The van der Waals surface area contributed by atoms with Crippen LogP contribution in [0, 0.1) is 5.92 Å². The maximum Gasteiger partial charge on any atom is 0.306 e. The van der Waals surface area contributed by atoms with Crippen LogP contribution < -0.4 is 4.90 Å². The molecule has 0 spiro atoms. The van der Waals surface area contributed by atoms with E-state index in [0.717, 1.165) is 29.8 Å². The van der Waals surface area contributed by atoms with E-state index in [1.54, 1.807) is 4.68 Å². The molecular weight excluding hydrogens is 284 g/mol. The Hall–Kier alpha value is -2.15. The molecule has 0 amide bonds. The van der Waals surface area contributed by atoms with E-state index in [1.807, 2.05) is 18.2 Å². The summed E-state index contributed by atoms with van der Waals surface area (Å²) < 4.78 is 1.80. The molecule has 1 aliphatic rings. The third kappa shape index (κ3) is 2.89. The molecule has 0 saturated carbocycles. The van der Waals surface area contributed by atoms with Crippen molar-refractivity contribution in [2.24, 2.45) is 5.92 Å². The number of rotatable bonds is 5. The predicted molar refractivity (Wildman–Crippen MR) is 81.8 cm³/mol. The molecule has 0 unspecified atom stereocenters. The zero-order chi connectivity index (χ0) is 15.5. The Bertz CT molecular complexity index is 662. The molecule has 2 heterocycles. The fraction of sp³-hybridized carbons (Fsp3) is 0.533. The number of nitrogens with zero attached hydrogens (tertiary/aromatic N) is 4. The van der Waals surface area contributed by atoms with Gasteiger partial charge in [0, 0.05) is 31.9 Å². The van der Waals surface area contributed by atoms with Gasteiger partial charge in [0.2, 0.25) is 0 Å². The highest BCUT2D eigenvalue weighted by Crippen LogP contribution is 2.26. The SMILES string of the molecule is O=C(O)C1CCN(c2ccc3c(c2)nnn3CCCO)CC1. The molecule has 2 aromatic rings. The zero-order valence-corrected chi connectivity index (χ0v) is 12.4. The first-order valence-electron chi connectivity index (χ1n) is 7.61. The van der Waals surface area contributed by atoms with Crippen LogP contribution in [0.5, 0.6) is 0 Å². The molecule has 1 fully saturated rings. The molecule has 2 N–H and O–H groups in total. The molecule has 0 bridgehead atoms. The van der Waals surface area contributed by atoms with Crippen molar-refractivity contribution in [1.29, 1.82) is 0 Å². The maximum atomic E-state index is 11.0. The van der Waals surface area contributed by atoms with E-state index in [-0.39, 0.29) is 12.5 Å². The summed E-state index contributed by atoms with van der Waals surface area (Å²) in [5.74, 6) is -0.915. The lowest BCUT2D eigenvalue weighted by atomic mass is 9.97. The van der Waals surface area contributed by atoms with Gasteiger partial charge < -0.3 is 15.1 Å². The lowest BCUT2D eigenvalue weighted by Gasteiger charge is -2.31. The molecule has 118 valence electrons. The summed E-state index contributed by atoms with van der Waals surface area (Å²) >= 11 is 0. The summed E-state index contributed by atoms with van der Waals surface area (Å²) in [7, 11) is 0. The van der Waals surface area contributed by atoms with E-state index in [9.17, 15) is 4.79 Å². The van der Waals surface area contributed by atoms with Crippen molar-refractivity contribution < 1.29 is 15.0 Å². The van der Waals surface area contributed by atoms with Crippen molar-refractivity contribution in [2.75, 3.05) is 24.6 Å². The van der Waals surface area contributed by atoms with Gasteiger partial charge in [-0.3, -0.25) is 4.79 Å². The number of carboxylic acid groups (broad SMARTS) is 1. The van der Waals surface area contributed by atoms with Crippen molar-refractivity contribution in [2.45, 2.75) is 25.8 Å².